The summed E-state index contributed by atoms with van der Waals surface area (Å²) in [6, 6.07) is 9.93. The standard InChI is InChI=1S/C16H12Cl2N4O2/c1-9-7-14(22-24-9)21-13-8-10(5-6-19-13)20-16(23)15-11(17)3-2-4-12(15)18/h2-8H,1H3,(H2,19,20,21,22,23). The quantitative estimate of drug-likeness (QED) is 0.704. The lowest BCUT2D eigenvalue weighted by atomic mass is 10.2. The van der Waals surface area contributed by atoms with E-state index < -0.39 is 5.91 Å². The van der Waals surface area contributed by atoms with E-state index in [-0.39, 0.29) is 15.6 Å². The van der Waals surface area contributed by atoms with Crippen molar-refractivity contribution in [3.05, 3.63) is 64.0 Å². The molecule has 24 heavy (non-hydrogen) atoms. The van der Waals surface area contributed by atoms with E-state index in [4.69, 9.17) is 27.7 Å². The van der Waals surface area contributed by atoms with Gasteiger partial charge >= 0.3 is 0 Å². The normalized spacial score (nSPS) is 10.5. The van der Waals surface area contributed by atoms with Gasteiger partial charge in [-0.05, 0) is 25.1 Å². The summed E-state index contributed by atoms with van der Waals surface area (Å²) in [7, 11) is 0. The highest BCUT2D eigenvalue weighted by Gasteiger charge is 2.15. The molecule has 122 valence electrons. The summed E-state index contributed by atoms with van der Waals surface area (Å²) in [6.07, 6.45) is 1.55. The number of rotatable bonds is 4. The fourth-order valence-electron chi connectivity index (χ4n) is 2.04. The largest absolute Gasteiger partial charge is 0.360 e. The molecule has 0 aliphatic carbocycles. The first-order valence-electron chi connectivity index (χ1n) is 6.94. The van der Waals surface area contributed by atoms with Crippen LogP contribution in [0.15, 0.2) is 47.1 Å². The Morgan fingerprint density at radius 1 is 1.12 bits per heavy atom. The van der Waals surface area contributed by atoms with Crippen LogP contribution in [-0.4, -0.2) is 16.0 Å². The Morgan fingerprint density at radius 2 is 1.88 bits per heavy atom. The predicted molar refractivity (Wildman–Crippen MR) is 93.2 cm³/mol. The Labute approximate surface area is 147 Å². The maximum absolute atomic E-state index is 12.4. The van der Waals surface area contributed by atoms with Gasteiger partial charge in [-0.15, -0.1) is 0 Å². The number of benzene rings is 1. The molecule has 0 fully saturated rings. The lowest BCUT2D eigenvalue weighted by Gasteiger charge is -2.09. The van der Waals surface area contributed by atoms with E-state index in [0.717, 1.165) is 0 Å². The minimum atomic E-state index is -0.403. The smallest absolute Gasteiger partial charge is 0.258 e. The average molecular weight is 363 g/mol. The number of halogens is 2. The van der Waals surface area contributed by atoms with Crippen molar-refractivity contribution in [1.29, 1.82) is 0 Å². The Balaban J connectivity index is 1.78. The summed E-state index contributed by atoms with van der Waals surface area (Å²) in [5, 5.41) is 10.1. The van der Waals surface area contributed by atoms with Gasteiger partial charge in [0.05, 0.1) is 15.6 Å². The van der Waals surface area contributed by atoms with E-state index in [2.05, 4.69) is 20.8 Å². The number of nitrogens with zero attached hydrogens (tertiary/aromatic N) is 2. The van der Waals surface area contributed by atoms with Crippen LogP contribution in [0.3, 0.4) is 0 Å². The molecule has 0 aliphatic heterocycles. The van der Waals surface area contributed by atoms with Gasteiger partial charge in [0, 0.05) is 24.0 Å². The zero-order valence-corrected chi connectivity index (χ0v) is 14.0. The van der Waals surface area contributed by atoms with Crippen LogP contribution in [0.2, 0.25) is 10.0 Å². The van der Waals surface area contributed by atoms with E-state index in [1.165, 1.54) is 0 Å². The van der Waals surface area contributed by atoms with E-state index in [0.29, 0.717) is 23.1 Å². The van der Waals surface area contributed by atoms with Crippen molar-refractivity contribution in [2.24, 2.45) is 0 Å². The lowest BCUT2D eigenvalue weighted by molar-refractivity contribution is 0.102. The molecular weight excluding hydrogens is 351 g/mol. The molecule has 0 aliphatic rings. The molecule has 2 aromatic heterocycles. The number of aromatic nitrogens is 2. The van der Waals surface area contributed by atoms with E-state index in [1.807, 2.05) is 0 Å². The first-order valence-corrected chi connectivity index (χ1v) is 7.70. The van der Waals surface area contributed by atoms with Gasteiger partial charge in [-0.2, -0.15) is 0 Å². The zero-order valence-electron chi connectivity index (χ0n) is 12.5. The van der Waals surface area contributed by atoms with Crippen LogP contribution in [0.25, 0.3) is 0 Å². The lowest BCUT2D eigenvalue weighted by Crippen LogP contribution is -2.13. The number of carbonyl (C=O) groups excluding carboxylic acids is 1. The Bertz CT molecular complexity index is 875. The molecule has 2 N–H and O–H groups in total. The molecule has 8 heteroatoms. The van der Waals surface area contributed by atoms with Crippen molar-refractivity contribution in [2.75, 3.05) is 10.6 Å². The van der Waals surface area contributed by atoms with Crippen LogP contribution in [-0.2, 0) is 0 Å². The molecule has 6 nitrogen and oxygen atoms in total. The van der Waals surface area contributed by atoms with Gasteiger partial charge in [0.1, 0.15) is 11.6 Å². The number of anilines is 3. The summed E-state index contributed by atoms with van der Waals surface area (Å²) >= 11 is 12.1. The van der Waals surface area contributed by atoms with Crippen molar-refractivity contribution in [2.45, 2.75) is 6.92 Å². The molecular formula is C16H12Cl2N4O2. The number of carbonyl (C=O) groups is 1. The third kappa shape index (κ3) is 3.67. The average Bonchev–Trinajstić information content (AvgIpc) is 2.92. The Morgan fingerprint density at radius 3 is 2.54 bits per heavy atom. The summed E-state index contributed by atoms with van der Waals surface area (Å²) in [4.78, 5) is 16.5. The summed E-state index contributed by atoms with van der Waals surface area (Å²) in [6.45, 7) is 1.79. The van der Waals surface area contributed by atoms with Crippen LogP contribution in [0.5, 0.6) is 0 Å². The number of pyridine rings is 1. The number of hydrogen-bond donors (Lipinski definition) is 2. The molecule has 0 atom stereocenters. The van der Waals surface area contributed by atoms with Crippen molar-refractivity contribution in [3.8, 4) is 0 Å². The highest BCUT2D eigenvalue weighted by atomic mass is 35.5. The fourth-order valence-corrected chi connectivity index (χ4v) is 2.61. The molecule has 0 bridgehead atoms. The molecule has 0 radical (unpaired) electrons. The third-order valence-electron chi connectivity index (χ3n) is 3.09. The minimum absolute atomic E-state index is 0.222. The monoisotopic (exact) mass is 362 g/mol. The van der Waals surface area contributed by atoms with Gasteiger partial charge in [-0.1, -0.05) is 34.4 Å². The van der Waals surface area contributed by atoms with E-state index >= 15 is 0 Å². The predicted octanol–water partition coefficient (Wildman–Crippen LogP) is 4.68. The summed E-state index contributed by atoms with van der Waals surface area (Å²) in [5.74, 6) is 1.30. The van der Waals surface area contributed by atoms with Gasteiger partial charge in [0.25, 0.3) is 5.91 Å². The first-order chi connectivity index (χ1) is 11.5. The second-order valence-corrected chi connectivity index (χ2v) is 5.74. The van der Waals surface area contributed by atoms with Crippen LogP contribution >= 0.6 is 23.2 Å². The molecule has 3 aromatic rings. The zero-order chi connectivity index (χ0) is 17.1. The number of hydrogen-bond acceptors (Lipinski definition) is 5. The number of nitrogens with one attached hydrogen (secondary N) is 2. The third-order valence-corrected chi connectivity index (χ3v) is 3.72. The molecule has 0 spiro atoms. The molecule has 0 unspecified atom stereocenters. The maximum Gasteiger partial charge on any atom is 0.258 e. The van der Waals surface area contributed by atoms with Crippen LogP contribution in [0.4, 0.5) is 17.3 Å². The van der Waals surface area contributed by atoms with Crippen molar-refractivity contribution in [1.82, 2.24) is 10.1 Å². The number of amides is 1. The maximum atomic E-state index is 12.4. The molecule has 3 rings (SSSR count). The molecule has 2 heterocycles. The molecule has 1 aromatic carbocycles. The van der Waals surface area contributed by atoms with Crippen molar-refractivity contribution >= 4 is 46.4 Å². The molecule has 0 saturated heterocycles. The van der Waals surface area contributed by atoms with Gasteiger partial charge < -0.3 is 15.2 Å². The minimum Gasteiger partial charge on any atom is -0.360 e. The molecule has 0 saturated carbocycles. The molecule has 1 amide bonds. The summed E-state index contributed by atoms with van der Waals surface area (Å²) < 4.78 is 4.98. The Hall–Kier alpha value is -2.57. The second-order valence-electron chi connectivity index (χ2n) is 4.93. The highest BCUT2D eigenvalue weighted by molar-refractivity contribution is 6.40. The highest BCUT2D eigenvalue weighted by Crippen LogP contribution is 2.25. The van der Waals surface area contributed by atoms with Gasteiger partial charge in [-0.3, -0.25) is 4.79 Å². The Kier molecular flexibility index (Phi) is 4.69. The van der Waals surface area contributed by atoms with Gasteiger partial charge in [-0.25, -0.2) is 4.98 Å². The van der Waals surface area contributed by atoms with Gasteiger partial charge in [0.2, 0.25) is 0 Å². The van der Waals surface area contributed by atoms with E-state index in [9.17, 15) is 4.79 Å². The second kappa shape index (κ2) is 6.90. The summed E-state index contributed by atoms with van der Waals surface area (Å²) in [5.41, 5.74) is 0.757. The van der Waals surface area contributed by atoms with Gasteiger partial charge in [0.15, 0.2) is 5.82 Å². The van der Waals surface area contributed by atoms with Crippen molar-refractivity contribution in [3.63, 3.8) is 0 Å². The topological polar surface area (TPSA) is 80.0 Å². The fraction of sp³-hybridized carbons (Fsp3) is 0.0625. The van der Waals surface area contributed by atoms with Crippen molar-refractivity contribution < 1.29 is 9.32 Å². The van der Waals surface area contributed by atoms with Crippen LogP contribution in [0, 0.1) is 6.92 Å². The van der Waals surface area contributed by atoms with E-state index in [1.54, 1.807) is 49.5 Å². The van der Waals surface area contributed by atoms with Crippen LogP contribution in [0.1, 0.15) is 16.1 Å². The number of aryl methyl sites for hydroxylation is 1. The van der Waals surface area contributed by atoms with Crippen LogP contribution < -0.4 is 10.6 Å². The first kappa shape index (κ1) is 16.3. The SMILES string of the molecule is Cc1cc(Nc2cc(NC(=O)c3c(Cl)cccc3Cl)ccn2)no1.